The largest absolute Gasteiger partial charge is 0.462 e. The van der Waals surface area contributed by atoms with E-state index < -0.39 is 0 Å². The molecule has 8 heteroatoms. The molecule has 4 rings (SSSR count). The molecule has 2 aromatic carbocycles. The Morgan fingerprint density at radius 1 is 1.06 bits per heavy atom. The maximum atomic E-state index is 13.1. The van der Waals surface area contributed by atoms with Crippen molar-refractivity contribution < 1.29 is 14.3 Å². The molecule has 2 heterocycles. The molecule has 0 spiro atoms. The predicted octanol–water partition coefficient (Wildman–Crippen LogP) is 4.25. The Morgan fingerprint density at radius 3 is 2.36 bits per heavy atom. The molecule has 0 unspecified atom stereocenters. The zero-order chi connectivity index (χ0) is 23.5. The molecule has 33 heavy (non-hydrogen) atoms. The number of hydrogen-bond acceptors (Lipinski definition) is 6. The Hall–Kier alpha value is -3.94. The Morgan fingerprint density at radius 2 is 1.73 bits per heavy atom. The molecular formula is C25H27N5O3. The Kier molecular flexibility index (Phi) is 6.26. The van der Waals surface area contributed by atoms with Crippen molar-refractivity contribution in [1.29, 1.82) is 0 Å². The van der Waals surface area contributed by atoms with Crippen LogP contribution in [-0.4, -0.2) is 39.1 Å². The monoisotopic (exact) mass is 445 g/mol. The second-order valence-corrected chi connectivity index (χ2v) is 7.95. The lowest BCUT2D eigenvalue weighted by Gasteiger charge is -2.12. The van der Waals surface area contributed by atoms with Crippen molar-refractivity contribution in [3.63, 3.8) is 0 Å². The van der Waals surface area contributed by atoms with Crippen molar-refractivity contribution >= 4 is 39.9 Å². The van der Waals surface area contributed by atoms with Gasteiger partial charge in [-0.3, -0.25) is 9.36 Å². The molecule has 0 aliphatic carbocycles. The van der Waals surface area contributed by atoms with E-state index in [1.54, 1.807) is 28.8 Å². The molecule has 0 fully saturated rings. The van der Waals surface area contributed by atoms with Crippen LogP contribution in [0.5, 0.6) is 0 Å². The van der Waals surface area contributed by atoms with Crippen LogP contribution in [0.15, 0.2) is 48.5 Å². The lowest BCUT2D eigenvalue weighted by Crippen LogP contribution is -2.32. The van der Waals surface area contributed by atoms with Gasteiger partial charge in [-0.05, 0) is 56.2 Å². The van der Waals surface area contributed by atoms with Gasteiger partial charge in [0.2, 0.25) is 0 Å². The van der Waals surface area contributed by atoms with E-state index in [9.17, 15) is 9.59 Å². The Bertz CT molecular complexity index is 1330. The van der Waals surface area contributed by atoms with Gasteiger partial charge in [0.25, 0.3) is 5.91 Å². The molecule has 8 nitrogen and oxygen atoms in total. The fourth-order valence-corrected chi connectivity index (χ4v) is 3.57. The van der Waals surface area contributed by atoms with Crippen LogP contribution >= 0.6 is 0 Å². The van der Waals surface area contributed by atoms with Crippen LogP contribution in [-0.2, 0) is 4.74 Å². The van der Waals surface area contributed by atoms with Gasteiger partial charge in [0.1, 0.15) is 16.9 Å². The zero-order valence-electron chi connectivity index (χ0n) is 19.0. The van der Waals surface area contributed by atoms with Crippen LogP contribution in [0.4, 0.5) is 5.82 Å². The topological polar surface area (TPSA) is 112 Å². The average Bonchev–Trinajstić information content (AvgIpc) is 3.11. The van der Waals surface area contributed by atoms with Crippen LogP contribution in [0.3, 0.4) is 0 Å². The molecule has 170 valence electrons. The third kappa shape index (κ3) is 4.24. The van der Waals surface area contributed by atoms with Crippen molar-refractivity contribution in [3.05, 3.63) is 59.7 Å². The number of carbonyl (C=O) groups is 2. The number of rotatable bonds is 7. The third-order valence-corrected chi connectivity index (χ3v) is 5.51. The maximum Gasteiger partial charge on any atom is 0.338 e. The van der Waals surface area contributed by atoms with Crippen molar-refractivity contribution in [1.82, 2.24) is 19.9 Å². The first-order valence-corrected chi connectivity index (χ1v) is 11.1. The highest BCUT2D eigenvalue weighted by Gasteiger charge is 2.25. The molecule has 0 bridgehead atoms. The summed E-state index contributed by atoms with van der Waals surface area (Å²) in [6, 6.07) is 14.3. The normalized spacial score (nSPS) is 12.1. The highest BCUT2D eigenvalue weighted by atomic mass is 16.5. The summed E-state index contributed by atoms with van der Waals surface area (Å²) in [6.45, 7) is 6.24. The number of nitrogens with one attached hydrogen (secondary N) is 1. The molecule has 3 N–H and O–H groups in total. The summed E-state index contributed by atoms with van der Waals surface area (Å²) in [5, 5.41) is 2.97. The van der Waals surface area contributed by atoms with Crippen molar-refractivity contribution in [2.24, 2.45) is 0 Å². The quantitative estimate of drug-likeness (QED) is 0.411. The molecule has 1 atom stereocenters. The predicted molar refractivity (Wildman–Crippen MR) is 129 cm³/mol. The molecule has 2 aromatic heterocycles. The Labute approximate surface area is 191 Å². The van der Waals surface area contributed by atoms with Gasteiger partial charge in [-0.2, -0.15) is 0 Å². The summed E-state index contributed by atoms with van der Waals surface area (Å²) in [7, 11) is 0. The number of amides is 1. The smallest absolute Gasteiger partial charge is 0.338 e. The minimum atomic E-state index is -0.381. The standard InChI is InChI=1S/C25H27N5O3/c1-4-14-33-25(32)16-10-12-17(13-11-16)30-22(26)20(24(31)27-15(3)5-2)21-23(30)29-19-9-7-6-8-18(19)28-21/h6-13,15H,4-5,14,26H2,1-3H3,(H,27,31)/t15-/m1/s1. The summed E-state index contributed by atoms with van der Waals surface area (Å²) < 4.78 is 6.90. The first kappa shape index (κ1) is 22.3. The van der Waals surface area contributed by atoms with Gasteiger partial charge in [0.05, 0.1) is 23.2 Å². The number of para-hydroxylation sites is 2. The van der Waals surface area contributed by atoms with Crippen LogP contribution in [0.2, 0.25) is 0 Å². The lowest BCUT2D eigenvalue weighted by atomic mass is 10.2. The van der Waals surface area contributed by atoms with Gasteiger partial charge < -0.3 is 15.8 Å². The Balaban J connectivity index is 1.87. The number of hydrogen-bond donors (Lipinski definition) is 2. The van der Waals surface area contributed by atoms with Gasteiger partial charge >= 0.3 is 5.97 Å². The van der Waals surface area contributed by atoms with E-state index in [2.05, 4.69) is 5.32 Å². The number of nitrogens with zero attached hydrogens (tertiary/aromatic N) is 3. The van der Waals surface area contributed by atoms with Gasteiger partial charge in [-0.1, -0.05) is 26.0 Å². The SMILES string of the molecule is CCCOC(=O)c1ccc(-n2c(N)c(C(=O)N[C@H](C)CC)c3nc4ccccc4nc32)cc1. The van der Waals surface area contributed by atoms with Crippen molar-refractivity contribution in [2.45, 2.75) is 39.7 Å². The minimum Gasteiger partial charge on any atom is -0.462 e. The lowest BCUT2D eigenvalue weighted by molar-refractivity contribution is 0.0505. The van der Waals surface area contributed by atoms with Gasteiger partial charge in [-0.25, -0.2) is 14.8 Å². The average molecular weight is 446 g/mol. The van der Waals surface area contributed by atoms with E-state index in [-0.39, 0.29) is 29.3 Å². The number of nitrogens with two attached hydrogens (primary N) is 1. The highest BCUT2D eigenvalue weighted by Crippen LogP contribution is 2.31. The molecule has 0 aliphatic rings. The number of esters is 1. The zero-order valence-corrected chi connectivity index (χ0v) is 19.0. The highest BCUT2D eigenvalue weighted by molar-refractivity contribution is 6.11. The number of benzene rings is 2. The summed E-state index contributed by atoms with van der Waals surface area (Å²) in [5.41, 5.74) is 10.2. The van der Waals surface area contributed by atoms with E-state index >= 15 is 0 Å². The van der Waals surface area contributed by atoms with Crippen LogP contribution in [0, 0.1) is 0 Å². The number of carbonyl (C=O) groups excluding carboxylic acids is 2. The van der Waals surface area contributed by atoms with Crippen molar-refractivity contribution in [3.8, 4) is 5.69 Å². The van der Waals surface area contributed by atoms with E-state index in [1.165, 1.54) is 0 Å². The number of ether oxygens (including phenoxy) is 1. The van der Waals surface area contributed by atoms with Gasteiger partial charge in [0.15, 0.2) is 5.65 Å². The molecule has 0 radical (unpaired) electrons. The fourth-order valence-electron chi connectivity index (χ4n) is 3.57. The molecule has 0 aliphatic heterocycles. The van der Waals surface area contributed by atoms with Gasteiger partial charge in [-0.15, -0.1) is 0 Å². The third-order valence-electron chi connectivity index (χ3n) is 5.51. The van der Waals surface area contributed by atoms with Crippen LogP contribution < -0.4 is 11.1 Å². The second-order valence-electron chi connectivity index (χ2n) is 7.95. The number of anilines is 1. The number of fused-ring (bicyclic) bond motifs is 2. The summed E-state index contributed by atoms with van der Waals surface area (Å²) in [5.74, 6) is -0.439. The first-order valence-electron chi connectivity index (χ1n) is 11.1. The van der Waals surface area contributed by atoms with E-state index in [4.69, 9.17) is 20.4 Å². The first-order chi connectivity index (χ1) is 15.9. The molecule has 4 aromatic rings. The number of nitrogen functional groups attached to an aromatic ring is 1. The summed E-state index contributed by atoms with van der Waals surface area (Å²) >= 11 is 0. The minimum absolute atomic E-state index is 0.0165. The summed E-state index contributed by atoms with van der Waals surface area (Å²) in [4.78, 5) is 34.8. The molecule has 1 amide bonds. The van der Waals surface area contributed by atoms with Crippen molar-refractivity contribution in [2.75, 3.05) is 12.3 Å². The molecule has 0 saturated carbocycles. The fraction of sp³-hybridized carbons (Fsp3) is 0.280. The molecule has 0 saturated heterocycles. The second kappa shape index (κ2) is 9.28. The van der Waals surface area contributed by atoms with E-state index in [0.717, 1.165) is 12.8 Å². The van der Waals surface area contributed by atoms with Gasteiger partial charge in [0, 0.05) is 11.7 Å². The van der Waals surface area contributed by atoms with E-state index in [1.807, 2.05) is 45.0 Å². The maximum absolute atomic E-state index is 13.1. The summed E-state index contributed by atoms with van der Waals surface area (Å²) in [6.07, 6.45) is 1.54. The van der Waals surface area contributed by atoms with E-state index in [0.29, 0.717) is 40.1 Å². The molecular weight excluding hydrogens is 418 g/mol. The van der Waals surface area contributed by atoms with Crippen LogP contribution in [0.1, 0.15) is 54.3 Å². The van der Waals surface area contributed by atoms with Crippen LogP contribution in [0.25, 0.3) is 27.9 Å². The number of aromatic nitrogens is 3.